The van der Waals surface area contributed by atoms with E-state index in [-0.39, 0.29) is 12.5 Å². The molecule has 2 rings (SSSR count). The van der Waals surface area contributed by atoms with Gasteiger partial charge >= 0.3 is 5.97 Å². The number of hydrogen-bond acceptors (Lipinski definition) is 4. The van der Waals surface area contributed by atoms with Gasteiger partial charge in [-0.2, -0.15) is 0 Å². The van der Waals surface area contributed by atoms with Crippen molar-refractivity contribution in [3.05, 3.63) is 30.6 Å². The number of methoxy groups -OCH3 is 1. The molecular formula is C15H20N3O4+. The SMILES string of the molecule is COC(=O)[C@@H](NC(=O)Cn1c[n+](C)c2ccccc21)[C@@H](C)O. The summed E-state index contributed by atoms with van der Waals surface area (Å²) in [5.41, 5.74) is 1.90. The number of aliphatic hydroxyl groups is 1. The molecule has 1 heterocycles. The molecule has 0 spiro atoms. The highest BCUT2D eigenvalue weighted by molar-refractivity contribution is 5.85. The number of carbonyl (C=O) groups excluding carboxylic acids is 2. The van der Waals surface area contributed by atoms with Gasteiger partial charge in [-0.15, -0.1) is 0 Å². The predicted octanol–water partition coefficient (Wildman–Crippen LogP) is -0.496. The second-order valence-electron chi connectivity index (χ2n) is 5.15. The quantitative estimate of drug-likeness (QED) is 0.576. The van der Waals surface area contributed by atoms with Crippen LogP contribution in [0, 0.1) is 0 Å². The zero-order valence-electron chi connectivity index (χ0n) is 12.8. The van der Waals surface area contributed by atoms with Crippen molar-refractivity contribution in [1.29, 1.82) is 0 Å². The second-order valence-corrected chi connectivity index (χ2v) is 5.15. The van der Waals surface area contributed by atoms with E-state index in [1.807, 2.05) is 35.9 Å². The van der Waals surface area contributed by atoms with Gasteiger partial charge in [0, 0.05) is 0 Å². The molecule has 7 heteroatoms. The normalized spacial score (nSPS) is 13.6. The number of nitrogens with one attached hydrogen (secondary N) is 1. The van der Waals surface area contributed by atoms with Crippen molar-refractivity contribution in [1.82, 2.24) is 9.88 Å². The molecule has 1 aromatic carbocycles. The molecule has 0 bridgehead atoms. The molecule has 0 aliphatic heterocycles. The molecule has 1 amide bonds. The van der Waals surface area contributed by atoms with Crippen LogP contribution < -0.4 is 9.88 Å². The van der Waals surface area contributed by atoms with Crippen LogP contribution in [0.3, 0.4) is 0 Å². The Balaban J connectivity index is 2.15. The van der Waals surface area contributed by atoms with Crippen molar-refractivity contribution in [3.63, 3.8) is 0 Å². The predicted molar refractivity (Wildman–Crippen MR) is 78.7 cm³/mol. The zero-order chi connectivity index (χ0) is 16.3. The Morgan fingerprint density at radius 2 is 2.09 bits per heavy atom. The Hall–Kier alpha value is -2.41. The van der Waals surface area contributed by atoms with Crippen molar-refractivity contribution in [2.45, 2.75) is 25.6 Å². The summed E-state index contributed by atoms with van der Waals surface area (Å²) in [6.07, 6.45) is 0.772. The lowest BCUT2D eigenvalue weighted by atomic mass is 10.2. The molecule has 2 aromatic rings. The van der Waals surface area contributed by atoms with Crippen LogP contribution in [0.4, 0.5) is 0 Å². The summed E-state index contributed by atoms with van der Waals surface area (Å²) in [6.45, 7) is 1.47. The highest BCUT2D eigenvalue weighted by Gasteiger charge is 2.27. The van der Waals surface area contributed by atoms with Gasteiger partial charge in [0.2, 0.25) is 6.33 Å². The van der Waals surface area contributed by atoms with E-state index < -0.39 is 18.1 Å². The van der Waals surface area contributed by atoms with Crippen LogP contribution in [0.25, 0.3) is 11.0 Å². The molecule has 2 N–H and O–H groups in total. The molecule has 0 aliphatic carbocycles. The Bertz CT molecular complexity index is 693. The minimum absolute atomic E-state index is 0.0432. The van der Waals surface area contributed by atoms with Gasteiger partial charge in [-0.1, -0.05) is 12.1 Å². The highest BCUT2D eigenvalue weighted by atomic mass is 16.5. The van der Waals surface area contributed by atoms with Crippen molar-refractivity contribution in [2.24, 2.45) is 7.05 Å². The number of aryl methyl sites for hydroxylation is 1. The molecule has 0 aliphatic rings. The zero-order valence-corrected chi connectivity index (χ0v) is 12.8. The second kappa shape index (κ2) is 6.57. The van der Waals surface area contributed by atoms with E-state index in [1.165, 1.54) is 14.0 Å². The van der Waals surface area contributed by atoms with Gasteiger partial charge in [0.1, 0.15) is 0 Å². The Morgan fingerprint density at radius 3 is 2.73 bits per heavy atom. The topological polar surface area (TPSA) is 84.4 Å². The summed E-state index contributed by atoms with van der Waals surface area (Å²) in [7, 11) is 3.10. The fraction of sp³-hybridized carbons (Fsp3) is 0.400. The number of amides is 1. The molecule has 1 aromatic heterocycles. The Labute approximate surface area is 128 Å². The van der Waals surface area contributed by atoms with Crippen LogP contribution in [0.1, 0.15) is 6.92 Å². The van der Waals surface area contributed by atoms with E-state index in [0.717, 1.165) is 11.0 Å². The summed E-state index contributed by atoms with van der Waals surface area (Å²) in [4.78, 5) is 23.7. The number of ether oxygens (including phenoxy) is 1. The fourth-order valence-electron chi connectivity index (χ4n) is 2.34. The number of rotatable bonds is 5. The average molecular weight is 306 g/mol. The van der Waals surface area contributed by atoms with Crippen molar-refractivity contribution >= 4 is 22.9 Å². The first-order valence-electron chi connectivity index (χ1n) is 6.92. The third kappa shape index (κ3) is 3.25. The van der Waals surface area contributed by atoms with Gasteiger partial charge in [-0.05, 0) is 19.1 Å². The average Bonchev–Trinajstić information content (AvgIpc) is 2.80. The lowest BCUT2D eigenvalue weighted by Crippen LogP contribution is -2.49. The number of nitrogens with zero attached hydrogens (tertiary/aromatic N) is 2. The maximum Gasteiger partial charge on any atom is 0.331 e. The monoisotopic (exact) mass is 306 g/mol. The maximum absolute atomic E-state index is 12.1. The molecule has 118 valence electrons. The number of esters is 1. The van der Waals surface area contributed by atoms with Gasteiger partial charge < -0.3 is 15.2 Å². The van der Waals surface area contributed by atoms with E-state index in [2.05, 4.69) is 10.1 Å². The number of para-hydroxylation sites is 2. The third-order valence-electron chi connectivity index (χ3n) is 3.45. The summed E-state index contributed by atoms with van der Waals surface area (Å²) in [6, 6.07) is 6.61. The Kier molecular flexibility index (Phi) is 4.77. The van der Waals surface area contributed by atoms with Gasteiger partial charge in [0.05, 0.1) is 20.3 Å². The number of aliphatic hydroxyl groups excluding tert-OH is 1. The first-order chi connectivity index (χ1) is 10.4. The summed E-state index contributed by atoms with van der Waals surface area (Å²) >= 11 is 0. The molecule has 2 atom stereocenters. The largest absolute Gasteiger partial charge is 0.467 e. The fourth-order valence-corrected chi connectivity index (χ4v) is 2.34. The summed E-state index contributed by atoms with van der Waals surface area (Å²) < 4.78 is 8.27. The van der Waals surface area contributed by atoms with E-state index in [9.17, 15) is 14.7 Å². The maximum atomic E-state index is 12.1. The smallest absolute Gasteiger partial charge is 0.331 e. The van der Waals surface area contributed by atoms with Crippen LogP contribution in [0.5, 0.6) is 0 Å². The summed E-state index contributed by atoms with van der Waals surface area (Å²) in [5, 5.41) is 12.1. The molecular weight excluding hydrogens is 286 g/mol. The van der Waals surface area contributed by atoms with E-state index >= 15 is 0 Å². The van der Waals surface area contributed by atoms with Gasteiger partial charge in [0.25, 0.3) is 5.91 Å². The van der Waals surface area contributed by atoms with Crippen LogP contribution in [-0.4, -0.2) is 40.8 Å². The lowest BCUT2D eigenvalue weighted by molar-refractivity contribution is -0.645. The van der Waals surface area contributed by atoms with Gasteiger partial charge in [-0.3, -0.25) is 4.79 Å². The minimum Gasteiger partial charge on any atom is -0.467 e. The van der Waals surface area contributed by atoms with Crippen LogP contribution >= 0.6 is 0 Å². The number of carbonyl (C=O) groups is 2. The first-order valence-corrected chi connectivity index (χ1v) is 6.92. The lowest BCUT2D eigenvalue weighted by Gasteiger charge is -2.18. The van der Waals surface area contributed by atoms with E-state index in [1.54, 1.807) is 10.9 Å². The molecule has 7 nitrogen and oxygen atoms in total. The molecule has 0 unspecified atom stereocenters. The number of fused-ring (bicyclic) bond motifs is 1. The number of benzene rings is 1. The van der Waals surface area contributed by atoms with E-state index in [0.29, 0.717) is 0 Å². The van der Waals surface area contributed by atoms with Crippen LogP contribution in [-0.2, 0) is 27.9 Å². The van der Waals surface area contributed by atoms with Crippen molar-refractivity contribution in [3.8, 4) is 0 Å². The van der Waals surface area contributed by atoms with Crippen molar-refractivity contribution in [2.75, 3.05) is 7.11 Å². The van der Waals surface area contributed by atoms with Gasteiger partial charge in [-0.25, -0.2) is 13.9 Å². The highest BCUT2D eigenvalue weighted by Crippen LogP contribution is 2.09. The van der Waals surface area contributed by atoms with Gasteiger partial charge in [0.15, 0.2) is 23.6 Å². The molecule has 22 heavy (non-hydrogen) atoms. The standard InChI is InChI=1S/C15H19N3O4/c1-10(19)14(15(21)22-3)16-13(20)8-18-9-17(2)11-6-4-5-7-12(11)18/h4-7,9-10,14,19H,8H2,1-3H3/p+1/t10-,14+/m1/s1. The summed E-state index contributed by atoms with van der Waals surface area (Å²) in [5.74, 6) is -1.05. The van der Waals surface area contributed by atoms with Crippen LogP contribution in [0.2, 0.25) is 0 Å². The van der Waals surface area contributed by atoms with Crippen LogP contribution in [0.15, 0.2) is 30.6 Å². The first kappa shape index (κ1) is 16.0. The van der Waals surface area contributed by atoms with E-state index in [4.69, 9.17) is 0 Å². The number of hydrogen-bond donors (Lipinski definition) is 2. The third-order valence-corrected chi connectivity index (χ3v) is 3.45. The molecule has 0 saturated carbocycles. The number of aromatic nitrogens is 2. The number of imidazole rings is 1. The Morgan fingerprint density at radius 1 is 1.41 bits per heavy atom. The molecule has 0 fully saturated rings. The molecule has 0 saturated heterocycles. The van der Waals surface area contributed by atoms with Crippen molar-refractivity contribution < 1.29 is 24.0 Å². The minimum atomic E-state index is -1.08. The molecule has 0 radical (unpaired) electrons.